The summed E-state index contributed by atoms with van der Waals surface area (Å²) in [5, 5.41) is 9.93. The summed E-state index contributed by atoms with van der Waals surface area (Å²) in [5.74, 6) is 1.56. The molecule has 0 amide bonds. The van der Waals surface area contributed by atoms with Gasteiger partial charge in [0.2, 0.25) is 0 Å². The lowest BCUT2D eigenvalue weighted by molar-refractivity contribution is 0.0402. The Hall–Kier alpha value is -1.74. The molecule has 0 aliphatic carbocycles. The van der Waals surface area contributed by atoms with Crippen molar-refractivity contribution >= 4 is 0 Å². The van der Waals surface area contributed by atoms with Crippen LogP contribution in [0.5, 0.6) is 5.75 Å². The molecular formula is C18H26O3. The van der Waals surface area contributed by atoms with Gasteiger partial charge in [-0.25, -0.2) is 0 Å². The van der Waals surface area contributed by atoms with Gasteiger partial charge in [-0.05, 0) is 57.0 Å². The minimum Gasteiger partial charge on any atom is -0.491 e. The standard InChI is InChI=1S/C18H26O3/c1-5-7-17(10-14(2)3)20-12-16(19)13-21-18-9-6-8-15(4)11-18/h6-11,16,19H,5,12-13H2,1-4H3/b17-7+. The molecule has 0 radical (unpaired) electrons. The Labute approximate surface area is 127 Å². The molecule has 0 heterocycles. The first kappa shape index (κ1) is 17.3. The molecular weight excluding hydrogens is 264 g/mol. The fourth-order valence-corrected chi connectivity index (χ4v) is 1.78. The predicted octanol–water partition coefficient (Wildman–Crippen LogP) is 4.01. The summed E-state index contributed by atoms with van der Waals surface area (Å²) in [6, 6.07) is 7.77. The van der Waals surface area contributed by atoms with Crippen LogP contribution >= 0.6 is 0 Å². The number of allylic oxidation sites excluding steroid dienone is 3. The van der Waals surface area contributed by atoms with Crippen LogP contribution in [-0.2, 0) is 4.74 Å². The Morgan fingerprint density at radius 2 is 2.05 bits per heavy atom. The fraction of sp³-hybridized carbons (Fsp3) is 0.444. The summed E-state index contributed by atoms with van der Waals surface area (Å²) >= 11 is 0. The molecule has 1 aromatic rings. The maximum atomic E-state index is 9.93. The molecule has 1 aromatic carbocycles. The van der Waals surface area contributed by atoms with Gasteiger partial charge in [-0.1, -0.05) is 24.6 Å². The summed E-state index contributed by atoms with van der Waals surface area (Å²) in [6.45, 7) is 8.54. The summed E-state index contributed by atoms with van der Waals surface area (Å²) in [4.78, 5) is 0. The topological polar surface area (TPSA) is 38.7 Å². The molecule has 21 heavy (non-hydrogen) atoms. The van der Waals surface area contributed by atoms with Crippen molar-refractivity contribution in [3.8, 4) is 5.75 Å². The molecule has 1 unspecified atom stereocenters. The Morgan fingerprint density at radius 3 is 2.67 bits per heavy atom. The fourth-order valence-electron chi connectivity index (χ4n) is 1.78. The lowest BCUT2D eigenvalue weighted by atomic mass is 10.2. The summed E-state index contributed by atoms with van der Waals surface area (Å²) in [6.07, 6.45) is 4.21. The van der Waals surface area contributed by atoms with E-state index in [-0.39, 0.29) is 13.2 Å². The molecule has 1 rings (SSSR count). The van der Waals surface area contributed by atoms with E-state index in [9.17, 15) is 5.11 Å². The van der Waals surface area contributed by atoms with Crippen LogP contribution in [0.3, 0.4) is 0 Å². The largest absolute Gasteiger partial charge is 0.491 e. The molecule has 0 fully saturated rings. The van der Waals surface area contributed by atoms with Crippen LogP contribution in [0.25, 0.3) is 0 Å². The first-order chi connectivity index (χ1) is 10.0. The molecule has 0 aliphatic rings. The number of hydrogen-bond acceptors (Lipinski definition) is 3. The van der Waals surface area contributed by atoms with Gasteiger partial charge in [0, 0.05) is 0 Å². The Bertz CT molecular complexity index is 485. The van der Waals surface area contributed by atoms with Crippen LogP contribution < -0.4 is 4.74 Å². The van der Waals surface area contributed by atoms with E-state index in [1.807, 2.05) is 57.2 Å². The van der Waals surface area contributed by atoms with E-state index < -0.39 is 6.10 Å². The zero-order valence-electron chi connectivity index (χ0n) is 13.4. The molecule has 0 aromatic heterocycles. The van der Waals surface area contributed by atoms with Gasteiger partial charge in [0.25, 0.3) is 0 Å². The first-order valence-corrected chi connectivity index (χ1v) is 7.36. The molecule has 3 heteroatoms. The van der Waals surface area contributed by atoms with E-state index in [0.717, 1.165) is 23.5 Å². The van der Waals surface area contributed by atoms with Crippen LogP contribution in [-0.4, -0.2) is 24.4 Å². The third kappa shape index (κ3) is 7.57. The van der Waals surface area contributed by atoms with Crippen molar-refractivity contribution in [1.82, 2.24) is 0 Å². The average molecular weight is 290 g/mol. The molecule has 1 N–H and O–H groups in total. The lowest BCUT2D eigenvalue weighted by Crippen LogP contribution is -2.23. The molecule has 1 atom stereocenters. The highest BCUT2D eigenvalue weighted by Gasteiger charge is 2.07. The van der Waals surface area contributed by atoms with Crippen LogP contribution in [0.15, 0.2) is 47.7 Å². The van der Waals surface area contributed by atoms with E-state index >= 15 is 0 Å². The van der Waals surface area contributed by atoms with Crippen molar-refractivity contribution in [2.24, 2.45) is 0 Å². The van der Waals surface area contributed by atoms with Crippen molar-refractivity contribution < 1.29 is 14.6 Å². The zero-order valence-corrected chi connectivity index (χ0v) is 13.4. The van der Waals surface area contributed by atoms with Gasteiger partial charge >= 0.3 is 0 Å². The molecule has 0 aliphatic heterocycles. The second-order valence-corrected chi connectivity index (χ2v) is 5.33. The number of benzene rings is 1. The normalized spacial score (nSPS) is 12.7. The van der Waals surface area contributed by atoms with Gasteiger partial charge in [0.05, 0.1) is 0 Å². The summed E-state index contributed by atoms with van der Waals surface area (Å²) in [7, 11) is 0. The number of aryl methyl sites for hydroxylation is 1. The van der Waals surface area contributed by atoms with Crippen LogP contribution in [0.2, 0.25) is 0 Å². The molecule has 3 nitrogen and oxygen atoms in total. The highest BCUT2D eigenvalue weighted by atomic mass is 16.5. The number of aliphatic hydroxyl groups is 1. The third-order valence-corrected chi connectivity index (χ3v) is 2.71. The molecule has 116 valence electrons. The molecule has 0 spiro atoms. The second-order valence-electron chi connectivity index (χ2n) is 5.33. The first-order valence-electron chi connectivity index (χ1n) is 7.36. The van der Waals surface area contributed by atoms with Crippen molar-refractivity contribution in [1.29, 1.82) is 0 Å². The molecule has 0 bridgehead atoms. The van der Waals surface area contributed by atoms with Crippen molar-refractivity contribution in [2.75, 3.05) is 13.2 Å². The predicted molar refractivity (Wildman–Crippen MR) is 86.4 cm³/mol. The van der Waals surface area contributed by atoms with E-state index in [1.165, 1.54) is 5.57 Å². The minimum absolute atomic E-state index is 0.220. The van der Waals surface area contributed by atoms with E-state index in [0.29, 0.717) is 0 Å². The van der Waals surface area contributed by atoms with Crippen LogP contribution in [0.4, 0.5) is 0 Å². The minimum atomic E-state index is -0.656. The Kier molecular flexibility index (Phi) is 7.62. The highest BCUT2D eigenvalue weighted by molar-refractivity contribution is 5.27. The smallest absolute Gasteiger partial charge is 0.122 e. The van der Waals surface area contributed by atoms with E-state index in [1.54, 1.807) is 0 Å². The third-order valence-electron chi connectivity index (χ3n) is 2.71. The van der Waals surface area contributed by atoms with Gasteiger partial charge in [0.15, 0.2) is 0 Å². The maximum absolute atomic E-state index is 9.93. The average Bonchev–Trinajstić information content (AvgIpc) is 2.42. The zero-order chi connectivity index (χ0) is 15.7. The van der Waals surface area contributed by atoms with E-state index in [2.05, 4.69) is 6.92 Å². The summed E-state index contributed by atoms with van der Waals surface area (Å²) in [5.41, 5.74) is 2.30. The molecule has 0 saturated heterocycles. The number of ether oxygens (including phenoxy) is 2. The Morgan fingerprint density at radius 1 is 1.29 bits per heavy atom. The number of rotatable bonds is 8. The van der Waals surface area contributed by atoms with Crippen molar-refractivity contribution in [3.63, 3.8) is 0 Å². The van der Waals surface area contributed by atoms with Crippen molar-refractivity contribution in [3.05, 3.63) is 53.3 Å². The number of hydrogen-bond donors (Lipinski definition) is 1. The van der Waals surface area contributed by atoms with E-state index in [4.69, 9.17) is 9.47 Å². The summed E-state index contributed by atoms with van der Waals surface area (Å²) < 4.78 is 11.2. The second kappa shape index (κ2) is 9.24. The van der Waals surface area contributed by atoms with Crippen LogP contribution in [0.1, 0.15) is 32.8 Å². The van der Waals surface area contributed by atoms with Gasteiger partial charge in [-0.15, -0.1) is 0 Å². The van der Waals surface area contributed by atoms with Gasteiger partial charge in [-0.3, -0.25) is 0 Å². The van der Waals surface area contributed by atoms with Gasteiger partial charge < -0.3 is 14.6 Å². The van der Waals surface area contributed by atoms with Gasteiger partial charge in [-0.2, -0.15) is 0 Å². The SMILES string of the molecule is CC/C=C(\C=C(C)C)OCC(O)COc1cccc(C)c1. The highest BCUT2D eigenvalue weighted by Crippen LogP contribution is 2.13. The van der Waals surface area contributed by atoms with Gasteiger partial charge in [0.1, 0.15) is 30.8 Å². The quantitative estimate of drug-likeness (QED) is 0.580. The molecule has 0 saturated carbocycles. The number of aliphatic hydroxyl groups excluding tert-OH is 1. The van der Waals surface area contributed by atoms with Crippen LogP contribution in [0, 0.1) is 6.92 Å². The monoisotopic (exact) mass is 290 g/mol. The maximum Gasteiger partial charge on any atom is 0.122 e. The Balaban J connectivity index is 2.41. The van der Waals surface area contributed by atoms with Crippen molar-refractivity contribution in [2.45, 2.75) is 40.2 Å². The lowest BCUT2D eigenvalue weighted by Gasteiger charge is -2.14.